The molecule has 5 nitrogen and oxygen atoms in total. The first-order chi connectivity index (χ1) is 7.84. The van der Waals surface area contributed by atoms with Gasteiger partial charge in [-0.2, -0.15) is 0 Å². The average Bonchev–Trinajstić information content (AvgIpc) is 2.85. The fourth-order valence-corrected chi connectivity index (χ4v) is 2.27. The molecule has 0 bridgehead atoms. The maximum absolute atomic E-state index is 11.4. The second kappa shape index (κ2) is 2.49. The van der Waals surface area contributed by atoms with Gasteiger partial charge in [-0.25, -0.2) is 9.69 Å². The first-order valence-corrected chi connectivity index (χ1v) is 5.06. The van der Waals surface area contributed by atoms with Crippen LogP contribution in [0.4, 0.5) is 10.7 Å². The minimum atomic E-state index is -0.351. The first kappa shape index (κ1) is 8.04. The first-order valence-electron chi connectivity index (χ1n) is 5.06. The maximum Gasteiger partial charge on any atom is 0.422 e. The summed E-state index contributed by atoms with van der Waals surface area (Å²) in [5.41, 5.74) is 1.97. The highest BCUT2D eigenvalue weighted by Gasteiger charge is 2.46. The fraction of sp³-hybridized carbons (Fsp3) is 0.182. The fourth-order valence-electron chi connectivity index (χ4n) is 2.27. The Hall–Kier alpha value is -2.17. The minimum absolute atomic E-state index is 0.338. The molecule has 2 aromatic heterocycles. The van der Waals surface area contributed by atoms with E-state index in [1.807, 2.05) is 24.4 Å². The van der Waals surface area contributed by atoms with E-state index in [0.717, 1.165) is 11.3 Å². The Bertz CT molecular complexity index is 584. The van der Waals surface area contributed by atoms with Crippen LogP contribution in [0.5, 0.6) is 0 Å². The van der Waals surface area contributed by atoms with Crippen molar-refractivity contribution >= 4 is 12.0 Å². The molecule has 2 aliphatic rings. The zero-order chi connectivity index (χ0) is 10.7. The number of hydrogen-bond donors (Lipinski definition) is 0. The molecule has 1 unspecified atom stereocenters. The molecule has 0 N–H and O–H groups in total. The largest absolute Gasteiger partial charge is 0.448 e. The summed E-state index contributed by atoms with van der Waals surface area (Å²) in [5.74, 6) is 0.602. The Kier molecular flexibility index (Phi) is 1.25. The molecule has 2 aromatic rings. The standard InChI is InChI=1S/C11H8N2O3/c14-11-13-9-7(3-5-15-9)6-12-4-1-2-8(12)10(13)16-11/h1-5,10H,6H2. The number of rotatable bonds is 0. The topological polar surface area (TPSA) is 47.6 Å². The van der Waals surface area contributed by atoms with Crippen molar-refractivity contribution in [3.8, 4) is 0 Å². The van der Waals surface area contributed by atoms with Crippen molar-refractivity contribution in [3.63, 3.8) is 0 Å². The third-order valence-electron chi connectivity index (χ3n) is 3.04. The monoisotopic (exact) mass is 216 g/mol. The van der Waals surface area contributed by atoms with Gasteiger partial charge in [0.05, 0.1) is 18.5 Å². The molecule has 16 heavy (non-hydrogen) atoms. The Morgan fingerprint density at radius 2 is 2.31 bits per heavy atom. The molecule has 4 rings (SSSR count). The molecule has 0 aliphatic carbocycles. The van der Waals surface area contributed by atoms with E-state index in [9.17, 15) is 4.79 Å². The summed E-state index contributed by atoms with van der Waals surface area (Å²) in [5, 5.41) is 0. The van der Waals surface area contributed by atoms with Crippen LogP contribution in [0.15, 0.2) is 35.1 Å². The number of aromatic nitrogens is 1. The van der Waals surface area contributed by atoms with Gasteiger partial charge in [-0.05, 0) is 18.2 Å². The number of anilines is 1. The summed E-state index contributed by atoms with van der Waals surface area (Å²) < 4.78 is 12.6. The van der Waals surface area contributed by atoms with Crippen LogP contribution in [0.3, 0.4) is 0 Å². The molecule has 0 aromatic carbocycles. The summed E-state index contributed by atoms with van der Waals surface area (Å²) in [6.45, 7) is 0.706. The van der Waals surface area contributed by atoms with Crippen LogP contribution < -0.4 is 4.90 Å². The van der Waals surface area contributed by atoms with Crippen molar-refractivity contribution in [3.05, 3.63) is 41.9 Å². The Morgan fingerprint density at radius 3 is 3.19 bits per heavy atom. The van der Waals surface area contributed by atoms with Crippen LogP contribution >= 0.6 is 0 Å². The quantitative estimate of drug-likeness (QED) is 0.677. The van der Waals surface area contributed by atoms with Gasteiger partial charge < -0.3 is 13.7 Å². The van der Waals surface area contributed by atoms with Crippen molar-refractivity contribution in [2.24, 2.45) is 0 Å². The normalized spacial score (nSPS) is 21.4. The lowest BCUT2D eigenvalue weighted by Crippen LogP contribution is -2.48. The van der Waals surface area contributed by atoms with Crippen molar-refractivity contribution in [1.82, 2.24) is 4.57 Å². The zero-order valence-corrected chi connectivity index (χ0v) is 8.29. The lowest BCUT2D eigenvalue weighted by molar-refractivity contribution is 0.0365. The molecule has 1 fully saturated rings. The molecule has 5 heteroatoms. The highest BCUT2D eigenvalue weighted by atomic mass is 16.6. The van der Waals surface area contributed by atoms with E-state index in [0.29, 0.717) is 12.4 Å². The van der Waals surface area contributed by atoms with E-state index >= 15 is 0 Å². The van der Waals surface area contributed by atoms with Gasteiger partial charge >= 0.3 is 6.09 Å². The van der Waals surface area contributed by atoms with Gasteiger partial charge in [0.1, 0.15) is 0 Å². The molecular formula is C11H8N2O3. The maximum atomic E-state index is 11.4. The summed E-state index contributed by atoms with van der Waals surface area (Å²) in [4.78, 5) is 13.0. The third kappa shape index (κ3) is 0.793. The lowest BCUT2D eigenvalue weighted by atomic mass is 10.3. The van der Waals surface area contributed by atoms with Crippen molar-refractivity contribution < 1.29 is 13.9 Å². The highest BCUT2D eigenvalue weighted by Crippen LogP contribution is 2.42. The summed E-state index contributed by atoms with van der Waals surface area (Å²) in [7, 11) is 0. The summed E-state index contributed by atoms with van der Waals surface area (Å²) >= 11 is 0. The molecule has 0 spiro atoms. The predicted octanol–water partition coefficient (Wildman–Crippen LogP) is 2.10. The molecule has 80 valence electrons. The number of carbonyl (C=O) groups excluding carboxylic acids is 1. The highest BCUT2D eigenvalue weighted by molar-refractivity contribution is 5.92. The molecule has 4 heterocycles. The van der Waals surface area contributed by atoms with Crippen molar-refractivity contribution in [2.45, 2.75) is 12.8 Å². The van der Waals surface area contributed by atoms with Gasteiger partial charge in [0.25, 0.3) is 0 Å². The van der Waals surface area contributed by atoms with Crippen LogP contribution in [-0.4, -0.2) is 10.7 Å². The van der Waals surface area contributed by atoms with E-state index < -0.39 is 0 Å². The Labute approximate surface area is 90.8 Å². The number of hydrogen-bond acceptors (Lipinski definition) is 3. The zero-order valence-electron chi connectivity index (χ0n) is 8.29. The minimum Gasteiger partial charge on any atom is -0.448 e. The number of amides is 1. The van der Waals surface area contributed by atoms with Gasteiger partial charge in [-0.15, -0.1) is 0 Å². The van der Waals surface area contributed by atoms with Gasteiger partial charge in [-0.1, -0.05) is 0 Å². The van der Waals surface area contributed by atoms with E-state index in [2.05, 4.69) is 4.57 Å². The van der Waals surface area contributed by atoms with Crippen LogP contribution in [0, 0.1) is 0 Å². The van der Waals surface area contributed by atoms with Crippen LogP contribution in [0.1, 0.15) is 17.5 Å². The number of ether oxygens (including phenoxy) is 1. The Balaban J connectivity index is 1.96. The second-order valence-electron chi connectivity index (χ2n) is 3.92. The average molecular weight is 216 g/mol. The third-order valence-corrected chi connectivity index (χ3v) is 3.04. The van der Waals surface area contributed by atoms with E-state index in [1.54, 1.807) is 11.2 Å². The van der Waals surface area contributed by atoms with Crippen LogP contribution in [-0.2, 0) is 11.3 Å². The molecular weight excluding hydrogens is 208 g/mol. The molecule has 1 amide bonds. The number of nitrogens with zero attached hydrogens (tertiary/aromatic N) is 2. The van der Waals surface area contributed by atoms with E-state index in [1.165, 1.54) is 0 Å². The smallest absolute Gasteiger partial charge is 0.422 e. The Morgan fingerprint density at radius 1 is 1.38 bits per heavy atom. The predicted molar refractivity (Wildman–Crippen MR) is 53.9 cm³/mol. The van der Waals surface area contributed by atoms with E-state index in [-0.39, 0.29) is 12.3 Å². The number of carbonyl (C=O) groups is 1. The second-order valence-corrected chi connectivity index (χ2v) is 3.92. The SMILES string of the molecule is O=C1OC2c3cccn3Cc3ccoc3N12. The summed E-state index contributed by atoms with van der Waals surface area (Å²) in [6.07, 6.45) is 2.88. The van der Waals surface area contributed by atoms with Crippen molar-refractivity contribution in [1.29, 1.82) is 0 Å². The molecule has 1 atom stereocenters. The van der Waals surface area contributed by atoms with E-state index in [4.69, 9.17) is 9.15 Å². The number of fused-ring (bicyclic) bond motifs is 5. The van der Waals surface area contributed by atoms with Crippen LogP contribution in [0.25, 0.3) is 0 Å². The molecule has 0 saturated carbocycles. The summed E-state index contributed by atoms with van der Waals surface area (Å²) in [6, 6.07) is 5.79. The van der Waals surface area contributed by atoms with Gasteiger partial charge in [0, 0.05) is 11.8 Å². The van der Waals surface area contributed by atoms with Gasteiger partial charge in [0.15, 0.2) is 0 Å². The van der Waals surface area contributed by atoms with Gasteiger partial charge in [-0.3, -0.25) is 0 Å². The molecule has 2 aliphatic heterocycles. The lowest BCUT2D eigenvalue weighted by Gasteiger charge is -2.36. The molecule has 1 saturated heterocycles. The van der Waals surface area contributed by atoms with Crippen molar-refractivity contribution in [2.75, 3.05) is 4.90 Å². The van der Waals surface area contributed by atoms with Crippen LogP contribution in [0.2, 0.25) is 0 Å². The van der Waals surface area contributed by atoms with Gasteiger partial charge in [0.2, 0.25) is 12.1 Å². The molecule has 0 radical (unpaired) electrons. The number of furan rings is 1.